The van der Waals surface area contributed by atoms with Gasteiger partial charge in [-0.1, -0.05) is 0 Å². The minimum Gasteiger partial charge on any atom is -0.478 e. The number of carboxylic acid groups (broad SMARTS) is 1. The van der Waals surface area contributed by atoms with E-state index in [1.54, 1.807) is 6.07 Å². The summed E-state index contributed by atoms with van der Waals surface area (Å²) in [5.41, 5.74) is 0.783. The molecular formula is C10H7IO4. The van der Waals surface area contributed by atoms with Gasteiger partial charge in [0.25, 0.3) is 0 Å². The molecule has 0 aromatic heterocycles. The highest BCUT2D eigenvalue weighted by Crippen LogP contribution is 2.37. The van der Waals surface area contributed by atoms with Crippen molar-refractivity contribution in [1.29, 1.82) is 0 Å². The fourth-order valence-corrected chi connectivity index (χ4v) is 2.03. The number of ether oxygens (including phenoxy) is 2. The number of hydrogen-bond donors (Lipinski definition) is 1. The molecule has 1 aliphatic heterocycles. The highest BCUT2D eigenvalue weighted by molar-refractivity contribution is 14.1. The summed E-state index contributed by atoms with van der Waals surface area (Å²) in [7, 11) is 0. The second-order valence-corrected chi connectivity index (χ2v) is 4.07. The Morgan fingerprint density at radius 3 is 3.00 bits per heavy atom. The van der Waals surface area contributed by atoms with Crippen molar-refractivity contribution in [3.05, 3.63) is 27.3 Å². The molecule has 0 radical (unpaired) electrons. The predicted octanol–water partition coefficient (Wildman–Crippen LogP) is 2.12. The van der Waals surface area contributed by atoms with Crippen LogP contribution in [0.4, 0.5) is 0 Å². The normalized spacial score (nSPS) is 13.4. The SMILES string of the molecule is O=C(O)/C=C/c1cc(I)c2c(c1)OCO2. The van der Waals surface area contributed by atoms with Crippen LogP contribution in [0.2, 0.25) is 0 Å². The van der Waals surface area contributed by atoms with Crippen molar-refractivity contribution in [2.24, 2.45) is 0 Å². The van der Waals surface area contributed by atoms with Crippen LogP contribution in [-0.4, -0.2) is 17.9 Å². The van der Waals surface area contributed by atoms with Crippen molar-refractivity contribution in [3.63, 3.8) is 0 Å². The standard InChI is InChI=1S/C10H7IO4/c11-7-3-6(1-2-9(12)13)4-8-10(7)15-5-14-8/h1-4H,5H2,(H,12,13)/b2-1+. The van der Waals surface area contributed by atoms with Gasteiger partial charge in [0.15, 0.2) is 11.5 Å². The average molecular weight is 318 g/mol. The molecule has 0 saturated heterocycles. The van der Waals surface area contributed by atoms with Crippen molar-refractivity contribution in [2.75, 3.05) is 6.79 Å². The fourth-order valence-electron chi connectivity index (χ4n) is 1.25. The van der Waals surface area contributed by atoms with Gasteiger partial charge in [-0.2, -0.15) is 0 Å². The van der Waals surface area contributed by atoms with Gasteiger partial charge in [0, 0.05) is 6.08 Å². The number of hydrogen-bond acceptors (Lipinski definition) is 3. The third-order valence-electron chi connectivity index (χ3n) is 1.87. The van der Waals surface area contributed by atoms with Crippen LogP contribution in [0.25, 0.3) is 6.08 Å². The quantitative estimate of drug-likeness (QED) is 0.670. The molecule has 0 atom stereocenters. The summed E-state index contributed by atoms with van der Waals surface area (Å²) in [6.45, 7) is 0.220. The molecular weight excluding hydrogens is 311 g/mol. The van der Waals surface area contributed by atoms with E-state index in [-0.39, 0.29) is 6.79 Å². The van der Waals surface area contributed by atoms with Gasteiger partial charge in [-0.05, 0) is 46.4 Å². The fraction of sp³-hybridized carbons (Fsp3) is 0.100. The topological polar surface area (TPSA) is 55.8 Å². The monoisotopic (exact) mass is 318 g/mol. The zero-order valence-corrected chi connectivity index (χ0v) is 9.72. The summed E-state index contributed by atoms with van der Waals surface area (Å²) < 4.78 is 11.4. The van der Waals surface area contributed by atoms with Gasteiger partial charge >= 0.3 is 5.97 Å². The van der Waals surface area contributed by atoms with Gasteiger partial charge < -0.3 is 14.6 Å². The second-order valence-electron chi connectivity index (χ2n) is 2.91. The highest BCUT2D eigenvalue weighted by Gasteiger charge is 2.17. The van der Waals surface area contributed by atoms with Crippen molar-refractivity contribution >= 4 is 34.6 Å². The third-order valence-corrected chi connectivity index (χ3v) is 2.67. The van der Waals surface area contributed by atoms with Crippen molar-refractivity contribution < 1.29 is 19.4 Å². The summed E-state index contributed by atoms with van der Waals surface area (Å²) in [6, 6.07) is 3.59. The first-order chi connectivity index (χ1) is 7.16. The third kappa shape index (κ3) is 2.23. The Hall–Kier alpha value is -1.24. The van der Waals surface area contributed by atoms with Gasteiger partial charge in [0.05, 0.1) is 3.57 Å². The van der Waals surface area contributed by atoms with E-state index in [0.717, 1.165) is 21.0 Å². The number of aliphatic carboxylic acids is 1. The Balaban J connectivity index is 2.35. The molecule has 0 spiro atoms. The molecule has 5 heteroatoms. The molecule has 0 unspecified atom stereocenters. The largest absolute Gasteiger partial charge is 0.478 e. The molecule has 0 aliphatic carbocycles. The van der Waals surface area contributed by atoms with Crippen LogP contribution in [0.5, 0.6) is 11.5 Å². The van der Waals surface area contributed by atoms with E-state index >= 15 is 0 Å². The number of benzene rings is 1. The molecule has 0 saturated carbocycles. The van der Waals surface area contributed by atoms with Gasteiger partial charge in [-0.3, -0.25) is 0 Å². The second kappa shape index (κ2) is 4.09. The van der Waals surface area contributed by atoms with E-state index in [1.165, 1.54) is 6.08 Å². The smallest absolute Gasteiger partial charge is 0.328 e. The number of carboxylic acids is 1. The molecule has 0 bridgehead atoms. The summed E-state index contributed by atoms with van der Waals surface area (Å²) in [5, 5.41) is 8.49. The first kappa shape index (κ1) is 10.3. The van der Waals surface area contributed by atoms with E-state index in [0.29, 0.717) is 5.75 Å². The first-order valence-electron chi connectivity index (χ1n) is 4.17. The van der Waals surface area contributed by atoms with Crippen LogP contribution in [0.1, 0.15) is 5.56 Å². The maximum Gasteiger partial charge on any atom is 0.328 e. The van der Waals surface area contributed by atoms with Gasteiger partial charge in [0.2, 0.25) is 6.79 Å². The number of fused-ring (bicyclic) bond motifs is 1. The van der Waals surface area contributed by atoms with Crippen LogP contribution in [0, 0.1) is 3.57 Å². The number of halogens is 1. The lowest BCUT2D eigenvalue weighted by Crippen LogP contribution is -1.93. The van der Waals surface area contributed by atoms with Crippen LogP contribution in [-0.2, 0) is 4.79 Å². The zero-order chi connectivity index (χ0) is 10.8. The van der Waals surface area contributed by atoms with E-state index in [1.807, 2.05) is 6.07 Å². The Kier molecular flexibility index (Phi) is 2.81. The molecule has 1 aliphatic rings. The van der Waals surface area contributed by atoms with E-state index in [2.05, 4.69) is 22.6 Å². The average Bonchev–Trinajstić information content (AvgIpc) is 2.63. The minimum atomic E-state index is -0.970. The highest BCUT2D eigenvalue weighted by atomic mass is 127. The summed E-state index contributed by atoms with van der Waals surface area (Å²) in [5.74, 6) is 0.415. The first-order valence-corrected chi connectivity index (χ1v) is 5.25. The lowest BCUT2D eigenvalue weighted by molar-refractivity contribution is -0.131. The number of carbonyl (C=O) groups is 1. The molecule has 1 heterocycles. The maximum atomic E-state index is 10.3. The number of rotatable bonds is 2. The molecule has 0 fully saturated rings. The van der Waals surface area contributed by atoms with Crippen LogP contribution >= 0.6 is 22.6 Å². The van der Waals surface area contributed by atoms with E-state index in [9.17, 15) is 4.79 Å². The van der Waals surface area contributed by atoms with Crippen LogP contribution in [0.3, 0.4) is 0 Å². The van der Waals surface area contributed by atoms with Crippen molar-refractivity contribution in [2.45, 2.75) is 0 Å². The predicted molar refractivity (Wildman–Crippen MR) is 62.0 cm³/mol. The van der Waals surface area contributed by atoms with Gasteiger partial charge in [-0.15, -0.1) is 0 Å². The molecule has 1 aromatic carbocycles. The van der Waals surface area contributed by atoms with Crippen molar-refractivity contribution in [1.82, 2.24) is 0 Å². The van der Waals surface area contributed by atoms with Crippen LogP contribution in [0.15, 0.2) is 18.2 Å². The van der Waals surface area contributed by atoms with E-state index < -0.39 is 5.97 Å². The zero-order valence-electron chi connectivity index (χ0n) is 7.57. The minimum absolute atomic E-state index is 0.220. The summed E-state index contributed by atoms with van der Waals surface area (Å²) in [4.78, 5) is 10.3. The summed E-state index contributed by atoms with van der Waals surface area (Å²) in [6.07, 6.45) is 2.61. The Morgan fingerprint density at radius 2 is 2.27 bits per heavy atom. The molecule has 15 heavy (non-hydrogen) atoms. The Morgan fingerprint density at radius 1 is 1.47 bits per heavy atom. The molecule has 0 amide bonds. The Bertz CT molecular complexity index is 439. The van der Waals surface area contributed by atoms with E-state index in [4.69, 9.17) is 14.6 Å². The van der Waals surface area contributed by atoms with Crippen molar-refractivity contribution in [3.8, 4) is 11.5 Å². The molecule has 1 aromatic rings. The van der Waals surface area contributed by atoms with Gasteiger partial charge in [0.1, 0.15) is 0 Å². The Labute approximate surface area is 99.6 Å². The molecule has 1 N–H and O–H groups in total. The maximum absolute atomic E-state index is 10.3. The lowest BCUT2D eigenvalue weighted by atomic mass is 10.2. The van der Waals surface area contributed by atoms with Gasteiger partial charge in [-0.25, -0.2) is 4.79 Å². The molecule has 4 nitrogen and oxygen atoms in total. The lowest BCUT2D eigenvalue weighted by Gasteiger charge is -2.00. The summed E-state index contributed by atoms with van der Waals surface area (Å²) >= 11 is 2.12. The molecule has 2 rings (SSSR count). The van der Waals surface area contributed by atoms with Crippen LogP contribution < -0.4 is 9.47 Å². The molecule has 78 valence electrons.